The molecule has 0 atom stereocenters. The van der Waals surface area contributed by atoms with Crippen LogP contribution < -0.4 is 15.0 Å². The van der Waals surface area contributed by atoms with Crippen LogP contribution in [0.25, 0.3) is 0 Å². The third-order valence-corrected chi connectivity index (χ3v) is 5.23. The molecular weight excluding hydrogens is 364 g/mol. The van der Waals surface area contributed by atoms with Crippen molar-refractivity contribution in [2.24, 2.45) is 11.8 Å². The van der Waals surface area contributed by atoms with Gasteiger partial charge in [-0.05, 0) is 60.7 Å². The van der Waals surface area contributed by atoms with E-state index in [9.17, 15) is 9.59 Å². The fourth-order valence-electron chi connectivity index (χ4n) is 3.46. The lowest BCUT2D eigenvalue weighted by molar-refractivity contribution is -0.125. The second kappa shape index (κ2) is 10.1. The number of carbonyl (C=O) groups excluding carboxylic acids is 2. The fourth-order valence-corrected chi connectivity index (χ4v) is 3.46. The largest absolute Gasteiger partial charge is 0.493 e. The highest BCUT2D eigenvalue weighted by Gasteiger charge is 2.24. The lowest BCUT2D eigenvalue weighted by Gasteiger charge is -2.33. The first-order valence-electron chi connectivity index (χ1n) is 10.3. The normalized spacial score (nSPS) is 14.7. The first kappa shape index (κ1) is 20.9. The molecule has 0 aromatic heterocycles. The van der Waals surface area contributed by atoms with Crippen molar-refractivity contribution in [3.05, 3.63) is 59.7 Å². The second-order valence-corrected chi connectivity index (χ2v) is 8.04. The number of piperidine rings is 1. The van der Waals surface area contributed by atoms with E-state index in [0.29, 0.717) is 24.6 Å². The van der Waals surface area contributed by atoms with Gasteiger partial charge in [0.1, 0.15) is 12.0 Å². The highest BCUT2D eigenvalue weighted by Crippen LogP contribution is 2.24. The van der Waals surface area contributed by atoms with Gasteiger partial charge in [0.05, 0.1) is 6.61 Å². The molecule has 0 bridgehead atoms. The monoisotopic (exact) mass is 394 g/mol. The molecule has 0 aliphatic carbocycles. The molecule has 1 aliphatic heterocycles. The van der Waals surface area contributed by atoms with Crippen LogP contribution in [-0.4, -0.2) is 31.9 Å². The number of aldehydes is 1. The minimum Gasteiger partial charge on any atom is -0.493 e. The van der Waals surface area contributed by atoms with Gasteiger partial charge in [-0.2, -0.15) is 0 Å². The van der Waals surface area contributed by atoms with E-state index in [2.05, 4.69) is 24.1 Å². The van der Waals surface area contributed by atoms with Crippen molar-refractivity contribution in [3.63, 3.8) is 0 Å². The maximum absolute atomic E-state index is 12.5. The standard InChI is InChI=1S/C24H30N2O3/c1-18(2)17-29-23-9-5-19(6-10-23)15-25-24(28)21-11-13-26(14-12-21)22-7-3-20(16-27)4-8-22/h3-10,16,18,21H,11-15,17H2,1-2H3,(H,25,28). The number of hydrogen-bond donors (Lipinski definition) is 1. The number of ether oxygens (including phenoxy) is 1. The summed E-state index contributed by atoms with van der Waals surface area (Å²) < 4.78 is 5.69. The van der Waals surface area contributed by atoms with Crippen molar-refractivity contribution >= 4 is 17.9 Å². The van der Waals surface area contributed by atoms with Gasteiger partial charge in [-0.1, -0.05) is 26.0 Å². The lowest BCUT2D eigenvalue weighted by atomic mass is 9.95. The molecule has 2 aromatic carbocycles. The Morgan fingerprint density at radius 1 is 1.10 bits per heavy atom. The van der Waals surface area contributed by atoms with E-state index in [4.69, 9.17) is 4.74 Å². The molecule has 3 rings (SSSR count). The van der Waals surface area contributed by atoms with E-state index in [-0.39, 0.29) is 11.8 Å². The van der Waals surface area contributed by atoms with Crippen molar-refractivity contribution in [1.82, 2.24) is 5.32 Å². The molecule has 0 unspecified atom stereocenters. The maximum atomic E-state index is 12.5. The van der Waals surface area contributed by atoms with E-state index in [1.807, 2.05) is 48.5 Å². The van der Waals surface area contributed by atoms with Gasteiger partial charge in [0.15, 0.2) is 0 Å². The number of rotatable bonds is 8. The number of nitrogens with zero attached hydrogens (tertiary/aromatic N) is 1. The van der Waals surface area contributed by atoms with Crippen LogP contribution in [-0.2, 0) is 11.3 Å². The third-order valence-electron chi connectivity index (χ3n) is 5.23. The highest BCUT2D eigenvalue weighted by molar-refractivity contribution is 5.79. The summed E-state index contributed by atoms with van der Waals surface area (Å²) in [5, 5.41) is 3.07. The smallest absolute Gasteiger partial charge is 0.223 e. The maximum Gasteiger partial charge on any atom is 0.223 e. The molecule has 29 heavy (non-hydrogen) atoms. The molecule has 154 valence electrons. The van der Waals surface area contributed by atoms with Crippen LogP contribution in [0.3, 0.4) is 0 Å². The fraction of sp³-hybridized carbons (Fsp3) is 0.417. The van der Waals surface area contributed by atoms with Crippen LogP contribution in [0.15, 0.2) is 48.5 Å². The Morgan fingerprint density at radius 2 is 1.76 bits per heavy atom. The average Bonchev–Trinajstić information content (AvgIpc) is 2.77. The first-order chi connectivity index (χ1) is 14.0. The zero-order chi connectivity index (χ0) is 20.6. The first-order valence-corrected chi connectivity index (χ1v) is 10.3. The molecule has 5 heteroatoms. The van der Waals surface area contributed by atoms with Crippen LogP contribution in [0.4, 0.5) is 5.69 Å². The molecule has 1 saturated heterocycles. The lowest BCUT2D eigenvalue weighted by Crippen LogP contribution is -2.40. The number of hydrogen-bond acceptors (Lipinski definition) is 4. The zero-order valence-electron chi connectivity index (χ0n) is 17.3. The molecule has 5 nitrogen and oxygen atoms in total. The summed E-state index contributed by atoms with van der Waals surface area (Å²) in [4.78, 5) is 25.6. The predicted octanol–water partition coefficient (Wildman–Crippen LogP) is 4.07. The van der Waals surface area contributed by atoms with Crippen LogP contribution >= 0.6 is 0 Å². The van der Waals surface area contributed by atoms with E-state index < -0.39 is 0 Å². The van der Waals surface area contributed by atoms with E-state index in [1.165, 1.54) is 0 Å². The molecule has 0 radical (unpaired) electrons. The van der Waals surface area contributed by atoms with Gasteiger partial charge in [-0.15, -0.1) is 0 Å². The summed E-state index contributed by atoms with van der Waals surface area (Å²) in [7, 11) is 0. The number of benzene rings is 2. The molecule has 1 aliphatic rings. The quantitative estimate of drug-likeness (QED) is 0.686. The predicted molar refractivity (Wildman–Crippen MR) is 115 cm³/mol. The van der Waals surface area contributed by atoms with E-state index in [1.54, 1.807) is 0 Å². The molecular formula is C24H30N2O3. The highest BCUT2D eigenvalue weighted by atomic mass is 16.5. The number of amides is 1. The summed E-state index contributed by atoms with van der Waals surface area (Å²) >= 11 is 0. The van der Waals surface area contributed by atoms with Crippen molar-refractivity contribution in [3.8, 4) is 5.75 Å². The molecule has 2 aromatic rings. The summed E-state index contributed by atoms with van der Waals surface area (Å²) in [6.45, 7) is 7.18. The molecule has 0 saturated carbocycles. The Hall–Kier alpha value is -2.82. The third kappa shape index (κ3) is 6.08. The Balaban J connectivity index is 1.43. The minimum absolute atomic E-state index is 0.0501. The summed E-state index contributed by atoms with van der Waals surface area (Å²) in [6, 6.07) is 15.5. The molecule has 0 spiro atoms. The zero-order valence-corrected chi connectivity index (χ0v) is 17.3. The van der Waals surface area contributed by atoms with Crippen molar-refractivity contribution < 1.29 is 14.3 Å². The van der Waals surface area contributed by atoms with Gasteiger partial charge in [-0.3, -0.25) is 9.59 Å². The molecule has 1 amide bonds. The van der Waals surface area contributed by atoms with E-state index >= 15 is 0 Å². The molecule has 1 N–H and O–H groups in total. The Kier molecular flexibility index (Phi) is 7.28. The van der Waals surface area contributed by atoms with E-state index in [0.717, 1.165) is 49.2 Å². The van der Waals surface area contributed by atoms with Crippen LogP contribution in [0, 0.1) is 11.8 Å². The van der Waals surface area contributed by atoms with Gasteiger partial charge in [0.25, 0.3) is 0 Å². The summed E-state index contributed by atoms with van der Waals surface area (Å²) in [5.41, 5.74) is 2.86. The van der Waals surface area contributed by atoms with Crippen LogP contribution in [0.1, 0.15) is 42.6 Å². The van der Waals surface area contributed by atoms with Gasteiger partial charge >= 0.3 is 0 Å². The summed E-state index contributed by atoms with van der Waals surface area (Å²) in [6.07, 6.45) is 2.53. The Morgan fingerprint density at radius 3 is 2.34 bits per heavy atom. The number of nitrogens with one attached hydrogen (secondary N) is 1. The summed E-state index contributed by atoms with van der Waals surface area (Å²) in [5.74, 6) is 1.54. The minimum atomic E-state index is 0.0501. The van der Waals surface area contributed by atoms with Gasteiger partial charge in [-0.25, -0.2) is 0 Å². The average molecular weight is 395 g/mol. The van der Waals surface area contributed by atoms with Gasteiger partial charge in [0.2, 0.25) is 5.91 Å². The van der Waals surface area contributed by atoms with Crippen molar-refractivity contribution in [1.29, 1.82) is 0 Å². The van der Waals surface area contributed by atoms with Crippen molar-refractivity contribution in [2.45, 2.75) is 33.2 Å². The van der Waals surface area contributed by atoms with Gasteiger partial charge < -0.3 is 15.0 Å². The SMILES string of the molecule is CC(C)COc1ccc(CNC(=O)C2CCN(c3ccc(C=O)cc3)CC2)cc1. The topological polar surface area (TPSA) is 58.6 Å². The Labute approximate surface area is 173 Å². The van der Waals surface area contributed by atoms with Crippen LogP contribution in [0.5, 0.6) is 5.75 Å². The van der Waals surface area contributed by atoms with Crippen molar-refractivity contribution in [2.75, 3.05) is 24.6 Å². The van der Waals surface area contributed by atoms with Crippen LogP contribution in [0.2, 0.25) is 0 Å². The molecule has 1 fully saturated rings. The van der Waals surface area contributed by atoms with Gasteiger partial charge in [0, 0.05) is 36.8 Å². The Bertz CT molecular complexity index is 792. The number of anilines is 1. The number of carbonyl (C=O) groups is 2. The second-order valence-electron chi connectivity index (χ2n) is 8.04. The molecule has 1 heterocycles.